The van der Waals surface area contributed by atoms with E-state index in [1.54, 1.807) is 50.5 Å². The molecule has 0 aliphatic heterocycles. The molecule has 2 aliphatic carbocycles. The van der Waals surface area contributed by atoms with Crippen LogP contribution < -0.4 is 20.7 Å². The van der Waals surface area contributed by atoms with Gasteiger partial charge >= 0.3 is 12.1 Å². The molecule has 0 spiro atoms. The topological polar surface area (TPSA) is 113 Å². The number of carbonyl (C=O) groups excluding carboxylic acids is 3. The van der Waals surface area contributed by atoms with Crippen molar-refractivity contribution >= 4 is 29.5 Å². The first-order valence-corrected chi connectivity index (χ1v) is 9.71. The van der Waals surface area contributed by atoms with Crippen molar-refractivity contribution in [1.29, 1.82) is 0 Å². The van der Waals surface area contributed by atoms with Gasteiger partial charge in [0.05, 0.1) is 0 Å². The predicted molar refractivity (Wildman–Crippen MR) is 122 cm³/mol. The number of benzene rings is 2. The number of pyridine rings is 1. The lowest BCUT2D eigenvalue weighted by Gasteiger charge is -2.12. The van der Waals surface area contributed by atoms with Crippen LogP contribution >= 0.6 is 0 Å². The molecule has 9 heteroatoms. The molecular weight excluding hydrogens is 410 g/mol. The van der Waals surface area contributed by atoms with Gasteiger partial charge in [0.25, 0.3) is 0 Å². The second-order valence-electron chi connectivity index (χ2n) is 7.04. The lowest BCUT2D eigenvalue weighted by Crippen LogP contribution is -2.32. The number of ether oxygens (including phenoxy) is 1. The molecular formula is C23H23N5O4. The van der Waals surface area contributed by atoms with Crippen LogP contribution in [0.15, 0.2) is 66.9 Å². The molecule has 0 bridgehead atoms. The van der Waals surface area contributed by atoms with Gasteiger partial charge in [-0.1, -0.05) is 18.2 Å². The number of aromatic nitrogens is 1. The van der Waals surface area contributed by atoms with Crippen molar-refractivity contribution in [2.24, 2.45) is 0 Å². The first kappa shape index (κ1) is 22.3. The van der Waals surface area contributed by atoms with Crippen molar-refractivity contribution in [3.63, 3.8) is 0 Å². The number of nitrogens with one attached hydrogen (secondary N) is 3. The monoisotopic (exact) mass is 433 g/mol. The summed E-state index contributed by atoms with van der Waals surface area (Å²) in [5, 5.41) is 7.25. The van der Waals surface area contributed by atoms with E-state index < -0.39 is 11.9 Å². The molecule has 0 fully saturated rings. The number of nitrogens with zero attached hydrogens (tertiary/aromatic N) is 2. The highest BCUT2D eigenvalue weighted by atomic mass is 16.5. The maximum atomic E-state index is 11.6. The molecule has 1 aromatic carbocycles. The number of amides is 5. The van der Waals surface area contributed by atoms with Crippen molar-refractivity contribution in [2.75, 3.05) is 24.7 Å². The molecule has 2 aromatic rings. The lowest BCUT2D eigenvalue weighted by atomic mass is 10.3. The van der Waals surface area contributed by atoms with Gasteiger partial charge in [-0.3, -0.25) is 15.4 Å². The van der Waals surface area contributed by atoms with E-state index in [-0.39, 0.29) is 6.03 Å². The summed E-state index contributed by atoms with van der Waals surface area (Å²) in [4.78, 5) is 39.4. The van der Waals surface area contributed by atoms with E-state index in [9.17, 15) is 14.4 Å². The molecule has 9 nitrogen and oxygen atoms in total. The highest BCUT2D eigenvalue weighted by molar-refractivity contribution is 6.00. The van der Waals surface area contributed by atoms with Crippen LogP contribution in [0, 0.1) is 0 Å². The average molecular weight is 433 g/mol. The van der Waals surface area contributed by atoms with E-state index in [1.165, 1.54) is 29.1 Å². The molecule has 164 valence electrons. The van der Waals surface area contributed by atoms with Gasteiger partial charge in [0.1, 0.15) is 17.3 Å². The van der Waals surface area contributed by atoms with Crippen molar-refractivity contribution in [3.05, 3.63) is 66.9 Å². The SMILES string of the molecule is CC(=O)NC(=O)Nc1ccc(Oc2ccnc(NC(=O)N(C)C)c2)cc1.c1cc2cc-2c1. The van der Waals surface area contributed by atoms with Gasteiger partial charge < -0.3 is 15.0 Å². The van der Waals surface area contributed by atoms with Crippen molar-refractivity contribution in [1.82, 2.24) is 15.2 Å². The van der Waals surface area contributed by atoms with E-state index in [1.807, 2.05) is 0 Å². The third kappa shape index (κ3) is 6.84. The lowest BCUT2D eigenvalue weighted by molar-refractivity contribution is -0.117. The van der Waals surface area contributed by atoms with E-state index in [4.69, 9.17) is 4.74 Å². The number of hydrogen-bond donors (Lipinski definition) is 3. The number of imide groups is 1. The van der Waals surface area contributed by atoms with Gasteiger partial charge in [-0.25, -0.2) is 14.6 Å². The molecule has 0 radical (unpaired) electrons. The van der Waals surface area contributed by atoms with Gasteiger partial charge in [-0.05, 0) is 47.5 Å². The summed E-state index contributed by atoms with van der Waals surface area (Å²) in [5.74, 6) is 0.931. The minimum Gasteiger partial charge on any atom is -0.457 e. The first-order chi connectivity index (χ1) is 15.3. The number of carbonyl (C=O) groups is 3. The minimum atomic E-state index is -0.610. The molecule has 2 aliphatic rings. The van der Waals surface area contributed by atoms with Crippen LogP contribution in [0.5, 0.6) is 11.5 Å². The summed E-state index contributed by atoms with van der Waals surface area (Å²) in [6, 6.07) is 17.4. The fraction of sp³-hybridized carbons (Fsp3) is 0.130. The number of hydrogen-bond acceptors (Lipinski definition) is 5. The Hall–Kier alpha value is -4.40. The number of rotatable bonds is 4. The zero-order valence-corrected chi connectivity index (χ0v) is 17.9. The molecule has 1 heterocycles. The molecule has 1 aromatic heterocycles. The third-order valence-electron chi connectivity index (χ3n) is 4.12. The largest absolute Gasteiger partial charge is 0.457 e. The van der Waals surface area contributed by atoms with Gasteiger partial charge in [0.15, 0.2) is 0 Å². The highest BCUT2D eigenvalue weighted by Gasteiger charge is 2.08. The van der Waals surface area contributed by atoms with E-state index >= 15 is 0 Å². The number of anilines is 2. The average Bonchev–Trinajstić information content (AvgIpc) is 3.34. The number of urea groups is 2. The highest BCUT2D eigenvalue weighted by Crippen LogP contribution is 2.32. The van der Waals surface area contributed by atoms with Crippen LogP contribution in [0.25, 0.3) is 11.1 Å². The second-order valence-corrected chi connectivity index (χ2v) is 7.04. The fourth-order valence-corrected chi connectivity index (χ4v) is 2.50. The molecule has 5 amide bonds. The Kier molecular flexibility index (Phi) is 7.02. The zero-order valence-electron chi connectivity index (χ0n) is 17.9. The molecule has 3 N–H and O–H groups in total. The Bertz CT molecular complexity index is 1110. The normalized spacial score (nSPS) is 10.1. The maximum Gasteiger partial charge on any atom is 0.325 e. The van der Waals surface area contributed by atoms with Gasteiger partial charge in [0.2, 0.25) is 5.91 Å². The van der Waals surface area contributed by atoms with Crippen molar-refractivity contribution < 1.29 is 19.1 Å². The van der Waals surface area contributed by atoms with Crippen LogP contribution in [-0.4, -0.2) is 41.9 Å². The summed E-state index contributed by atoms with van der Waals surface area (Å²) in [6.45, 7) is 1.25. The van der Waals surface area contributed by atoms with Crippen LogP contribution in [0.2, 0.25) is 0 Å². The van der Waals surface area contributed by atoms with E-state index in [0.29, 0.717) is 23.0 Å². The van der Waals surface area contributed by atoms with Crippen molar-refractivity contribution in [2.45, 2.75) is 6.92 Å². The Labute approximate surface area is 185 Å². The molecule has 0 saturated carbocycles. The van der Waals surface area contributed by atoms with E-state index in [0.717, 1.165) is 0 Å². The zero-order chi connectivity index (χ0) is 23.1. The number of fused-ring (bicyclic) bond motifs is 1. The van der Waals surface area contributed by atoms with Crippen LogP contribution in [0.4, 0.5) is 21.1 Å². The Morgan fingerprint density at radius 2 is 1.56 bits per heavy atom. The molecule has 0 unspecified atom stereocenters. The summed E-state index contributed by atoms with van der Waals surface area (Å²) in [6.07, 6.45) is 1.52. The van der Waals surface area contributed by atoms with Gasteiger partial charge in [-0.15, -0.1) is 0 Å². The van der Waals surface area contributed by atoms with Crippen molar-refractivity contribution in [3.8, 4) is 22.6 Å². The van der Waals surface area contributed by atoms with Crippen LogP contribution in [0.1, 0.15) is 6.92 Å². The van der Waals surface area contributed by atoms with Crippen LogP contribution in [-0.2, 0) is 4.79 Å². The summed E-state index contributed by atoms with van der Waals surface area (Å²) >= 11 is 0. The first-order valence-electron chi connectivity index (χ1n) is 9.71. The quantitative estimate of drug-likeness (QED) is 0.444. The maximum absolute atomic E-state index is 11.6. The Morgan fingerprint density at radius 3 is 2.09 bits per heavy atom. The van der Waals surface area contributed by atoms with Crippen LogP contribution in [0.3, 0.4) is 0 Å². The summed E-state index contributed by atoms with van der Waals surface area (Å²) in [7, 11) is 3.25. The summed E-state index contributed by atoms with van der Waals surface area (Å²) in [5.41, 5.74) is 3.36. The molecule has 32 heavy (non-hydrogen) atoms. The van der Waals surface area contributed by atoms with Gasteiger partial charge in [-0.2, -0.15) is 0 Å². The molecule has 0 atom stereocenters. The molecule has 4 rings (SSSR count). The predicted octanol–water partition coefficient (Wildman–Crippen LogP) is 4.30. The van der Waals surface area contributed by atoms with E-state index in [2.05, 4.69) is 45.2 Å². The fourth-order valence-electron chi connectivity index (χ4n) is 2.50. The second kappa shape index (κ2) is 10.1. The molecule has 0 saturated heterocycles. The summed E-state index contributed by atoms with van der Waals surface area (Å²) < 4.78 is 5.70. The Balaban J connectivity index is 0.000000405. The van der Waals surface area contributed by atoms with Gasteiger partial charge in [0, 0.05) is 39.0 Å². The smallest absolute Gasteiger partial charge is 0.325 e. The minimum absolute atomic E-state index is 0.297. The third-order valence-corrected chi connectivity index (χ3v) is 4.12. The Morgan fingerprint density at radius 1 is 0.875 bits per heavy atom. The standard InChI is InChI=1S/C17H19N5O4.C6H4/c1-11(23)19-16(24)20-12-4-6-13(7-5-12)26-14-8-9-18-15(10-14)21-17(25)22(2)3;1-2-5-4-6(5)3-1/h4-10H,1-3H3,(H,18,21,25)(H2,19,20,23,24);1-4H.